The van der Waals surface area contributed by atoms with Crippen molar-refractivity contribution in [3.63, 3.8) is 0 Å². The van der Waals surface area contributed by atoms with Crippen LogP contribution < -0.4 is 4.78 Å². The molecule has 0 atom stereocenters. The fourth-order valence-corrected chi connectivity index (χ4v) is 0.879. The van der Waals surface area contributed by atoms with Gasteiger partial charge in [-0.25, -0.2) is 4.37 Å². The van der Waals surface area contributed by atoms with Crippen molar-refractivity contribution in [2.45, 2.75) is 0 Å². The standard InChI is InChI=1S/C3H2BF3NS/c5-4(6,7)3-1-2-8-9-3/h1-2H/q-1. The molecule has 0 saturated heterocycles. The van der Waals surface area contributed by atoms with Crippen LogP contribution in [0.1, 0.15) is 0 Å². The normalized spacial score (nSPS) is 11.9. The van der Waals surface area contributed by atoms with E-state index in [0.29, 0.717) is 11.5 Å². The van der Waals surface area contributed by atoms with Gasteiger partial charge in [-0.05, 0) is 4.78 Å². The minimum absolute atomic E-state index is 0.483. The number of rotatable bonds is 1. The van der Waals surface area contributed by atoms with Crippen LogP contribution in [0.5, 0.6) is 0 Å². The molecule has 1 nitrogen and oxygen atoms in total. The highest BCUT2D eigenvalue weighted by Gasteiger charge is 2.26. The van der Waals surface area contributed by atoms with Crippen LogP contribution in [-0.4, -0.2) is 11.4 Å². The van der Waals surface area contributed by atoms with Crippen LogP contribution in [0.3, 0.4) is 0 Å². The van der Waals surface area contributed by atoms with Gasteiger partial charge < -0.3 is 12.9 Å². The monoisotopic (exact) mass is 152 g/mol. The molecule has 0 aliphatic rings. The average Bonchev–Trinajstić information content (AvgIpc) is 2.08. The molecule has 0 aliphatic heterocycles. The molecule has 0 bridgehead atoms. The molecule has 0 fully saturated rings. The van der Waals surface area contributed by atoms with Crippen molar-refractivity contribution in [1.29, 1.82) is 0 Å². The Morgan fingerprint density at radius 2 is 2.11 bits per heavy atom. The fraction of sp³-hybridized carbons (Fsp3) is 0. The summed E-state index contributed by atoms with van der Waals surface area (Å²) in [7, 11) is 0. The molecule has 0 aromatic carbocycles. The summed E-state index contributed by atoms with van der Waals surface area (Å²) in [5, 5.41) is 0. The van der Waals surface area contributed by atoms with E-state index in [4.69, 9.17) is 0 Å². The Morgan fingerprint density at radius 1 is 1.44 bits per heavy atom. The lowest BCUT2D eigenvalue weighted by atomic mass is 9.90. The summed E-state index contributed by atoms with van der Waals surface area (Å²) >= 11 is 0.483. The predicted octanol–water partition coefficient (Wildman–Crippen LogP) is 1.20. The Morgan fingerprint density at radius 3 is 2.33 bits per heavy atom. The quantitative estimate of drug-likeness (QED) is 0.550. The van der Waals surface area contributed by atoms with Gasteiger partial charge in [-0.1, -0.05) is 17.6 Å². The van der Waals surface area contributed by atoms with E-state index in [1.165, 1.54) is 0 Å². The van der Waals surface area contributed by atoms with Crippen molar-refractivity contribution in [2.75, 3.05) is 0 Å². The van der Waals surface area contributed by atoms with E-state index in [2.05, 4.69) is 4.37 Å². The van der Waals surface area contributed by atoms with E-state index < -0.39 is 11.8 Å². The van der Waals surface area contributed by atoms with Gasteiger partial charge in [0.25, 0.3) is 0 Å². The topological polar surface area (TPSA) is 12.9 Å². The highest BCUT2D eigenvalue weighted by molar-refractivity contribution is 7.19. The van der Waals surface area contributed by atoms with Crippen molar-refractivity contribution < 1.29 is 12.9 Å². The Labute approximate surface area is 53.7 Å². The molecule has 9 heavy (non-hydrogen) atoms. The summed E-state index contributed by atoms with van der Waals surface area (Å²) in [6, 6.07) is 0.977. The second kappa shape index (κ2) is 2.02. The lowest BCUT2D eigenvalue weighted by molar-refractivity contribution is 0.503. The Hall–Kier alpha value is -0.515. The summed E-state index contributed by atoms with van der Waals surface area (Å²) in [6.45, 7) is -4.81. The van der Waals surface area contributed by atoms with Crippen LogP contribution in [0.2, 0.25) is 0 Å². The molecule has 1 aromatic heterocycles. The number of hydrogen-bond acceptors (Lipinski definition) is 2. The van der Waals surface area contributed by atoms with Crippen molar-refractivity contribution in [3.05, 3.63) is 12.3 Å². The van der Waals surface area contributed by atoms with Gasteiger partial charge >= 0.3 is 6.98 Å². The first-order valence-corrected chi connectivity index (χ1v) is 2.98. The second-order valence-electron chi connectivity index (χ2n) is 1.49. The van der Waals surface area contributed by atoms with Gasteiger partial charge in [0, 0.05) is 6.20 Å². The first kappa shape index (κ1) is 6.60. The third-order valence-electron chi connectivity index (χ3n) is 0.780. The van der Waals surface area contributed by atoms with Gasteiger partial charge in [0.05, 0.1) is 0 Å². The lowest BCUT2D eigenvalue weighted by Gasteiger charge is -2.08. The number of aromatic nitrogens is 1. The SMILES string of the molecule is F[B-](F)(F)c1ccns1. The van der Waals surface area contributed by atoms with E-state index in [-0.39, 0.29) is 0 Å². The molecule has 0 spiro atoms. The predicted molar refractivity (Wildman–Crippen MR) is 30.8 cm³/mol. The van der Waals surface area contributed by atoms with E-state index in [1.807, 2.05) is 0 Å². The fourth-order valence-electron chi connectivity index (χ4n) is 0.394. The van der Waals surface area contributed by atoms with Crippen LogP contribution in [0, 0.1) is 0 Å². The zero-order valence-electron chi connectivity index (χ0n) is 4.22. The maximum atomic E-state index is 11.7. The van der Waals surface area contributed by atoms with Crippen LogP contribution in [0.15, 0.2) is 12.3 Å². The highest BCUT2D eigenvalue weighted by Crippen LogP contribution is 2.09. The third-order valence-corrected chi connectivity index (χ3v) is 1.62. The van der Waals surface area contributed by atoms with Gasteiger partial charge in [-0.2, -0.15) is 0 Å². The van der Waals surface area contributed by atoms with E-state index in [0.717, 1.165) is 12.3 Å². The average molecular weight is 152 g/mol. The van der Waals surface area contributed by atoms with Crippen LogP contribution in [-0.2, 0) is 0 Å². The summed E-state index contributed by atoms with van der Waals surface area (Å²) in [4.78, 5) is 0. The van der Waals surface area contributed by atoms with Crippen molar-refractivity contribution in [1.82, 2.24) is 4.37 Å². The van der Waals surface area contributed by atoms with E-state index in [1.54, 1.807) is 0 Å². The molecule has 1 aromatic rings. The van der Waals surface area contributed by atoms with Gasteiger partial charge in [0.2, 0.25) is 0 Å². The largest absolute Gasteiger partial charge is 0.520 e. The first-order valence-electron chi connectivity index (χ1n) is 2.21. The maximum absolute atomic E-state index is 11.7. The van der Waals surface area contributed by atoms with E-state index in [9.17, 15) is 12.9 Å². The van der Waals surface area contributed by atoms with Crippen molar-refractivity contribution in [2.24, 2.45) is 0 Å². The molecule has 0 N–H and O–H groups in total. The lowest BCUT2D eigenvalue weighted by Crippen LogP contribution is -2.30. The van der Waals surface area contributed by atoms with Gasteiger partial charge in [0.1, 0.15) is 0 Å². The first-order chi connectivity index (χ1) is 4.11. The van der Waals surface area contributed by atoms with Crippen LogP contribution in [0.4, 0.5) is 12.9 Å². The van der Waals surface area contributed by atoms with Crippen LogP contribution in [0.25, 0.3) is 0 Å². The zero-order valence-corrected chi connectivity index (χ0v) is 5.04. The van der Waals surface area contributed by atoms with Gasteiger partial charge in [0.15, 0.2) is 0 Å². The molecule has 50 valence electrons. The molecular formula is C3H2BF3NS-. The van der Waals surface area contributed by atoms with Gasteiger partial charge in [-0.15, -0.1) is 0 Å². The summed E-state index contributed by atoms with van der Waals surface area (Å²) in [5.74, 6) is 0. The van der Waals surface area contributed by atoms with Crippen molar-refractivity contribution in [3.8, 4) is 0 Å². The molecule has 1 heterocycles. The summed E-state index contributed by atoms with van der Waals surface area (Å²) in [5.41, 5.74) is 0. The summed E-state index contributed by atoms with van der Waals surface area (Å²) in [6.07, 6.45) is 1.15. The Balaban J connectivity index is 2.90. The van der Waals surface area contributed by atoms with Crippen molar-refractivity contribution >= 4 is 23.3 Å². The molecule has 0 aliphatic carbocycles. The molecule has 1 rings (SSSR count). The number of hydrogen-bond donors (Lipinski definition) is 0. The maximum Gasteiger partial charge on any atom is 0.520 e. The van der Waals surface area contributed by atoms with E-state index >= 15 is 0 Å². The molecule has 0 unspecified atom stereocenters. The zero-order chi connectivity index (χ0) is 6.91. The molecule has 0 saturated carbocycles. The minimum atomic E-state index is -4.81. The molecular weight excluding hydrogens is 150 g/mol. The Kier molecular flexibility index (Phi) is 1.48. The highest BCUT2D eigenvalue weighted by atomic mass is 32.1. The minimum Gasteiger partial charge on any atom is -0.444 e. The third kappa shape index (κ3) is 1.44. The smallest absolute Gasteiger partial charge is 0.444 e. The molecule has 0 amide bonds. The van der Waals surface area contributed by atoms with Gasteiger partial charge in [-0.3, -0.25) is 0 Å². The second-order valence-corrected chi connectivity index (χ2v) is 2.35. The Bertz CT molecular complexity index is 181. The van der Waals surface area contributed by atoms with Crippen LogP contribution >= 0.6 is 11.5 Å². The number of halogens is 3. The summed E-state index contributed by atoms with van der Waals surface area (Å²) < 4.78 is 37.7. The molecule has 6 heteroatoms. The number of nitrogens with zero attached hydrogens (tertiary/aromatic N) is 1. The molecule has 0 radical (unpaired) electrons.